The van der Waals surface area contributed by atoms with Gasteiger partial charge in [-0.15, -0.1) is 0 Å². The Kier molecular flexibility index (Phi) is 4.86. The molecule has 6 heteroatoms. The fourth-order valence-corrected chi connectivity index (χ4v) is 3.29. The van der Waals surface area contributed by atoms with E-state index in [-0.39, 0.29) is 11.3 Å². The summed E-state index contributed by atoms with van der Waals surface area (Å²) in [6.07, 6.45) is 2.61. The van der Waals surface area contributed by atoms with E-state index in [2.05, 4.69) is 9.98 Å². The molecule has 3 nitrogen and oxygen atoms in total. The first kappa shape index (κ1) is 18.2. The van der Waals surface area contributed by atoms with E-state index in [1.165, 1.54) is 12.1 Å². The standard InChI is InChI=1S/C22H17F3N2O/c23-22(24,25)19-8-2-1-7-18(19)20-10-9-17(28-20)13-15-5-4-12-27-21(15)16-6-3-11-26-14-16/h1-3,6-11,13-14H,4-5,12H2/b15-13-. The van der Waals surface area contributed by atoms with E-state index in [9.17, 15) is 13.2 Å². The van der Waals surface area contributed by atoms with Gasteiger partial charge in [-0.3, -0.25) is 9.98 Å². The van der Waals surface area contributed by atoms with Crippen LogP contribution in [-0.2, 0) is 6.18 Å². The lowest BCUT2D eigenvalue weighted by atomic mass is 9.96. The van der Waals surface area contributed by atoms with E-state index in [0.29, 0.717) is 5.76 Å². The summed E-state index contributed by atoms with van der Waals surface area (Å²) in [5.41, 5.74) is 2.09. The summed E-state index contributed by atoms with van der Waals surface area (Å²) >= 11 is 0. The summed E-state index contributed by atoms with van der Waals surface area (Å²) in [6, 6.07) is 12.5. The number of allylic oxidation sites excluding steroid dienone is 1. The molecule has 0 radical (unpaired) electrons. The van der Waals surface area contributed by atoms with Crippen molar-refractivity contribution in [2.45, 2.75) is 19.0 Å². The average molecular weight is 382 g/mol. The fourth-order valence-electron chi connectivity index (χ4n) is 3.29. The lowest BCUT2D eigenvalue weighted by Crippen LogP contribution is -2.11. The summed E-state index contributed by atoms with van der Waals surface area (Å²) in [6.45, 7) is 0.740. The summed E-state index contributed by atoms with van der Waals surface area (Å²) < 4.78 is 45.6. The number of hydrogen-bond acceptors (Lipinski definition) is 3. The number of nitrogens with zero attached hydrogens (tertiary/aromatic N) is 2. The van der Waals surface area contributed by atoms with Crippen LogP contribution >= 0.6 is 0 Å². The normalized spacial score (nSPS) is 16.2. The third-order valence-electron chi connectivity index (χ3n) is 4.55. The van der Waals surface area contributed by atoms with Gasteiger partial charge in [0.2, 0.25) is 0 Å². The van der Waals surface area contributed by atoms with E-state index in [0.717, 1.165) is 42.3 Å². The molecular formula is C22H17F3N2O. The zero-order valence-corrected chi connectivity index (χ0v) is 14.9. The number of aromatic nitrogens is 1. The van der Waals surface area contributed by atoms with Crippen molar-refractivity contribution in [3.05, 3.63) is 83.4 Å². The summed E-state index contributed by atoms with van der Waals surface area (Å²) in [5.74, 6) is 0.691. The molecule has 0 amide bonds. The molecule has 2 aromatic heterocycles. The van der Waals surface area contributed by atoms with Gasteiger partial charge in [0.15, 0.2) is 0 Å². The highest BCUT2D eigenvalue weighted by atomic mass is 19.4. The zero-order valence-electron chi connectivity index (χ0n) is 14.9. The first-order chi connectivity index (χ1) is 13.5. The van der Waals surface area contributed by atoms with Crippen LogP contribution in [0.2, 0.25) is 0 Å². The molecule has 142 valence electrons. The molecule has 28 heavy (non-hydrogen) atoms. The molecule has 0 spiro atoms. The van der Waals surface area contributed by atoms with E-state index in [4.69, 9.17) is 4.42 Å². The molecule has 0 unspecified atom stereocenters. The van der Waals surface area contributed by atoms with Gasteiger partial charge in [-0.2, -0.15) is 13.2 Å². The maximum atomic E-state index is 13.3. The minimum absolute atomic E-state index is 0.0319. The van der Waals surface area contributed by atoms with Crippen molar-refractivity contribution in [1.82, 2.24) is 4.98 Å². The second kappa shape index (κ2) is 7.46. The number of alkyl halides is 3. The van der Waals surface area contributed by atoms with Crippen LogP contribution in [0.15, 0.2) is 75.9 Å². The van der Waals surface area contributed by atoms with Crippen molar-refractivity contribution in [3.8, 4) is 11.3 Å². The van der Waals surface area contributed by atoms with Crippen molar-refractivity contribution in [2.24, 2.45) is 4.99 Å². The molecule has 0 bridgehead atoms. The number of pyridine rings is 1. The molecule has 0 fully saturated rings. The van der Waals surface area contributed by atoms with Crippen molar-refractivity contribution in [1.29, 1.82) is 0 Å². The quantitative estimate of drug-likeness (QED) is 0.555. The molecule has 0 saturated carbocycles. The number of halogens is 3. The number of hydrogen-bond donors (Lipinski definition) is 0. The van der Waals surface area contributed by atoms with Crippen LogP contribution < -0.4 is 0 Å². The fraction of sp³-hybridized carbons (Fsp3) is 0.182. The average Bonchev–Trinajstić information content (AvgIpc) is 3.17. The van der Waals surface area contributed by atoms with E-state index < -0.39 is 11.7 Å². The highest BCUT2D eigenvalue weighted by Gasteiger charge is 2.34. The van der Waals surface area contributed by atoms with Gasteiger partial charge in [0.1, 0.15) is 11.5 Å². The van der Waals surface area contributed by atoms with Crippen molar-refractivity contribution < 1.29 is 17.6 Å². The van der Waals surface area contributed by atoms with Gasteiger partial charge in [-0.05, 0) is 54.8 Å². The molecule has 1 aliphatic heterocycles. The Hall–Kier alpha value is -3.15. The van der Waals surface area contributed by atoms with Gasteiger partial charge in [0.25, 0.3) is 0 Å². The second-order valence-electron chi connectivity index (χ2n) is 6.49. The van der Waals surface area contributed by atoms with Gasteiger partial charge in [-0.1, -0.05) is 18.2 Å². The predicted octanol–water partition coefficient (Wildman–Crippen LogP) is 6.03. The van der Waals surface area contributed by atoms with Gasteiger partial charge in [0.05, 0.1) is 11.3 Å². The summed E-state index contributed by atoms with van der Waals surface area (Å²) in [7, 11) is 0. The Labute approximate surface area is 160 Å². The van der Waals surface area contributed by atoms with E-state index in [1.54, 1.807) is 30.6 Å². The van der Waals surface area contributed by atoms with Gasteiger partial charge in [0, 0.05) is 30.1 Å². The van der Waals surface area contributed by atoms with Crippen molar-refractivity contribution in [3.63, 3.8) is 0 Å². The van der Waals surface area contributed by atoms with Gasteiger partial charge >= 0.3 is 6.18 Å². The Morgan fingerprint density at radius 1 is 1.00 bits per heavy atom. The van der Waals surface area contributed by atoms with Crippen LogP contribution in [0.1, 0.15) is 29.7 Å². The first-order valence-corrected chi connectivity index (χ1v) is 8.94. The Balaban J connectivity index is 1.69. The molecule has 0 aliphatic carbocycles. The van der Waals surface area contributed by atoms with Crippen LogP contribution in [0.5, 0.6) is 0 Å². The molecule has 4 rings (SSSR count). The van der Waals surface area contributed by atoms with Crippen LogP contribution in [0.3, 0.4) is 0 Å². The summed E-state index contributed by atoms with van der Waals surface area (Å²) in [5, 5.41) is 0. The maximum absolute atomic E-state index is 13.3. The third kappa shape index (κ3) is 3.76. The smallest absolute Gasteiger partial charge is 0.417 e. The lowest BCUT2D eigenvalue weighted by Gasteiger charge is -2.15. The predicted molar refractivity (Wildman–Crippen MR) is 102 cm³/mol. The van der Waals surface area contributed by atoms with E-state index >= 15 is 0 Å². The minimum Gasteiger partial charge on any atom is -0.457 e. The van der Waals surface area contributed by atoms with Gasteiger partial charge < -0.3 is 4.42 Å². The first-order valence-electron chi connectivity index (χ1n) is 8.94. The number of furan rings is 1. The van der Waals surface area contributed by atoms with Crippen molar-refractivity contribution in [2.75, 3.05) is 6.54 Å². The van der Waals surface area contributed by atoms with E-state index in [1.807, 2.05) is 18.2 Å². The maximum Gasteiger partial charge on any atom is 0.417 e. The highest BCUT2D eigenvalue weighted by molar-refractivity contribution is 6.15. The van der Waals surface area contributed by atoms with Gasteiger partial charge in [-0.25, -0.2) is 0 Å². The Morgan fingerprint density at radius 3 is 2.64 bits per heavy atom. The third-order valence-corrected chi connectivity index (χ3v) is 4.55. The van der Waals surface area contributed by atoms with Crippen LogP contribution in [0.25, 0.3) is 17.4 Å². The van der Waals surface area contributed by atoms with Crippen LogP contribution in [0, 0.1) is 0 Å². The molecule has 1 aromatic carbocycles. The lowest BCUT2D eigenvalue weighted by molar-refractivity contribution is -0.137. The molecule has 0 saturated heterocycles. The highest BCUT2D eigenvalue weighted by Crippen LogP contribution is 2.37. The van der Waals surface area contributed by atoms with Crippen LogP contribution in [-0.4, -0.2) is 17.2 Å². The largest absolute Gasteiger partial charge is 0.457 e. The summed E-state index contributed by atoms with van der Waals surface area (Å²) in [4.78, 5) is 8.75. The molecule has 3 heterocycles. The Morgan fingerprint density at radius 2 is 1.86 bits per heavy atom. The molecule has 3 aromatic rings. The molecular weight excluding hydrogens is 365 g/mol. The van der Waals surface area contributed by atoms with Crippen molar-refractivity contribution >= 4 is 11.8 Å². The second-order valence-corrected chi connectivity index (χ2v) is 6.49. The molecule has 0 N–H and O–H groups in total. The minimum atomic E-state index is -4.44. The number of benzene rings is 1. The number of rotatable bonds is 3. The SMILES string of the molecule is FC(F)(F)c1ccccc1-c1ccc(/C=C2/CCCN=C2c2cccnc2)o1. The number of aliphatic imine (C=N–C) groups is 1. The zero-order chi connectivity index (χ0) is 19.6. The topological polar surface area (TPSA) is 38.4 Å². The molecule has 1 aliphatic rings. The monoisotopic (exact) mass is 382 g/mol. The van der Waals surface area contributed by atoms with Crippen LogP contribution in [0.4, 0.5) is 13.2 Å². The molecule has 0 atom stereocenters. The Bertz CT molecular complexity index is 1030.